The molecular weight excluding hydrogens is 268 g/mol. The van der Waals surface area contributed by atoms with E-state index in [0.717, 1.165) is 0 Å². The van der Waals surface area contributed by atoms with E-state index >= 15 is 0 Å². The second kappa shape index (κ2) is 5.63. The van der Waals surface area contributed by atoms with Crippen LogP contribution in [0.3, 0.4) is 0 Å². The molecule has 1 aromatic carbocycles. The van der Waals surface area contributed by atoms with Gasteiger partial charge in [0, 0.05) is 18.3 Å². The zero-order valence-corrected chi connectivity index (χ0v) is 11.7. The molecule has 1 heterocycles. The lowest BCUT2D eigenvalue weighted by molar-refractivity contribution is -0.138. The van der Waals surface area contributed by atoms with Crippen LogP contribution in [-0.4, -0.2) is 21.4 Å². The smallest absolute Gasteiger partial charge is 0.312 e. The second-order valence-corrected chi connectivity index (χ2v) is 4.78. The van der Waals surface area contributed by atoms with E-state index in [-0.39, 0.29) is 5.78 Å². The van der Waals surface area contributed by atoms with Gasteiger partial charge in [-0.2, -0.15) is 5.26 Å². The van der Waals surface area contributed by atoms with Crippen LogP contribution in [-0.2, 0) is 11.8 Å². The Morgan fingerprint density at radius 1 is 1.19 bits per heavy atom. The molecule has 0 aliphatic heterocycles. The van der Waals surface area contributed by atoms with Crippen molar-refractivity contribution in [3.05, 3.63) is 58.9 Å². The van der Waals surface area contributed by atoms with E-state index in [4.69, 9.17) is 10.4 Å². The van der Waals surface area contributed by atoms with E-state index in [1.54, 1.807) is 54.9 Å². The van der Waals surface area contributed by atoms with Crippen molar-refractivity contribution in [3.8, 4) is 6.07 Å². The SMILES string of the molecule is CC(C(=O)O)c1ccc(C(=O)c2ccc(C#N)cc2)n1C. The van der Waals surface area contributed by atoms with Gasteiger partial charge in [-0.1, -0.05) is 0 Å². The first-order valence-electron chi connectivity index (χ1n) is 6.39. The molecule has 0 amide bonds. The first-order chi connectivity index (χ1) is 9.95. The molecule has 1 aromatic heterocycles. The fourth-order valence-corrected chi connectivity index (χ4v) is 2.16. The summed E-state index contributed by atoms with van der Waals surface area (Å²) in [5, 5.41) is 17.8. The van der Waals surface area contributed by atoms with Gasteiger partial charge in [0.15, 0.2) is 0 Å². The summed E-state index contributed by atoms with van der Waals surface area (Å²) in [6, 6.07) is 11.6. The van der Waals surface area contributed by atoms with Crippen LogP contribution in [0.4, 0.5) is 0 Å². The first kappa shape index (κ1) is 14.5. The average Bonchev–Trinajstić information content (AvgIpc) is 2.87. The molecule has 5 heteroatoms. The monoisotopic (exact) mass is 282 g/mol. The van der Waals surface area contributed by atoms with Crippen LogP contribution in [0.2, 0.25) is 0 Å². The number of rotatable bonds is 4. The molecule has 0 fully saturated rings. The van der Waals surface area contributed by atoms with Crippen molar-refractivity contribution < 1.29 is 14.7 Å². The van der Waals surface area contributed by atoms with Crippen molar-refractivity contribution in [2.75, 3.05) is 0 Å². The number of hydrogen-bond acceptors (Lipinski definition) is 3. The average molecular weight is 282 g/mol. The van der Waals surface area contributed by atoms with Crippen LogP contribution in [0.15, 0.2) is 36.4 Å². The van der Waals surface area contributed by atoms with E-state index < -0.39 is 11.9 Å². The highest BCUT2D eigenvalue weighted by molar-refractivity contribution is 6.08. The second-order valence-electron chi connectivity index (χ2n) is 4.78. The number of carboxylic acids is 1. The van der Waals surface area contributed by atoms with Gasteiger partial charge in [-0.25, -0.2) is 0 Å². The molecule has 0 bridgehead atoms. The van der Waals surface area contributed by atoms with E-state index in [9.17, 15) is 9.59 Å². The molecule has 21 heavy (non-hydrogen) atoms. The standard InChI is InChI=1S/C16H14N2O3/c1-10(16(20)21)13-7-8-14(18(13)2)15(19)12-5-3-11(9-17)4-6-12/h3-8,10H,1-2H3,(H,20,21). The van der Waals surface area contributed by atoms with E-state index in [1.165, 1.54) is 0 Å². The van der Waals surface area contributed by atoms with Crippen LogP contribution < -0.4 is 0 Å². The summed E-state index contributed by atoms with van der Waals surface area (Å²) in [6.45, 7) is 1.58. The zero-order chi connectivity index (χ0) is 15.6. The third-order valence-electron chi connectivity index (χ3n) is 3.48. The lowest BCUT2D eigenvalue weighted by Gasteiger charge is -2.10. The van der Waals surface area contributed by atoms with E-state index in [0.29, 0.717) is 22.5 Å². The first-order valence-corrected chi connectivity index (χ1v) is 6.39. The van der Waals surface area contributed by atoms with Crippen LogP contribution in [0.25, 0.3) is 0 Å². The Labute approximate surface area is 122 Å². The lowest BCUT2D eigenvalue weighted by atomic mass is 10.1. The van der Waals surface area contributed by atoms with Crippen LogP contribution in [0, 0.1) is 11.3 Å². The van der Waals surface area contributed by atoms with Crippen LogP contribution in [0.1, 0.15) is 40.2 Å². The minimum atomic E-state index is -0.937. The highest BCUT2D eigenvalue weighted by Gasteiger charge is 2.21. The molecule has 2 aromatic rings. The summed E-state index contributed by atoms with van der Waals surface area (Å²) in [5.41, 5.74) is 1.94. The normalized spacial score (nSPS) is 11.7. The number of nitrogens with zero attached hydrogens (tertiary/aromatic N) is 2. The number of benzene rings is 1. The van der Waals surface area contributed by atoms with E-state index in [2.05, 4.69) is 0 Å². The van der Waals surface area contributed by atoms with Gasteiger partial charge < -0.3 is 9.67 Å². The minimum absolute atomic E-state index is 0.203. The Morgan fingerprint density at radius 3 is 2.33 bits per heavy atom. The molecule has 1 atom stereocenters. The Balaban J connectivity index is 2.36. The molecule has 5 nitrogen and oxygen atoms in total. The Kier molecular flexibility index (Phi) is 3.90. The molecule has 0 aliphatic carbocycles. The van der Waals surface area contributed by atoms with Crippen molar-refractivity contribution in [2.24, 2.45) is 7.05 Å². The molecular formula is C16H14N2O3. The largest absolute Gasteiger partial charge is 0.481 e. The number of ketones is 1. The number of carboxylic acid groups (broad SMARTS) is 1. The topological polar surface area (TPSA) is 83.1 Å². The number of hydrogen-bond donors (Lipinski definition) is 1. The van der Waals surface area contributed by atoms with Crippen molar-refractivity contribution in [2.45, 2.75) is 12.8 Å². The minimum Gasteiger partial charge on any atom is -0.481 e. The molecule has 106 valence electrons. The third-order valence-corrected chi connectivity index (χ3v) is 3.48. The Bertz CT molecular complexity index is 736. The van der Waals surface area contributed by atoms with Crippen LogP contribution >= 0.6 is 0 Å². The number of aliphatic carboxylic acids is 1. The van der Waals surface area contributed by atoms with Gasteiger partial charge in [-0.3, -0.25) is 9.59 Å². The Hall–Kier alpha value is -2.87. The van der Waals surface area contributed by atoms with Crippen LogP contribution in [0.5, 0.6) is 0 Å². The van der Waals surface area contributed by atoms with E-state index in [1.807, 2.05) is 6.07 Å². The summed E-state index contributed by atoms with van der Waals surface area (Å²) in [6.07, 6.45) is 0. The Morgan fingerprint density at radius 2 is 1.81 bits per heavy atom. The van der Waals surface area contributed by atoms with Crippen molar-refractivity contribution >= 4 is 11.8 Å². The number of carbonyl (C=O) groups is 2. The molecule has 0 saturated carbocycles. The van der Waals surface area contributed by atoms with Crippen molar-refractivity contribution in [1.29, 1.82) is 5.26 Å². The predicted octanol–water partition coefficient (Wildman–Crippen LogP) is 2.32. The molecule has 0 radical (unpaired) electrons. The maximum atomic E-state index is 12.4. The number of aromatic nitrogens is 1. The number of carbonyl (C=O) groups excluding carboxylic acids is 1. The molecule has 1 unspecified atom stereocenters. The van der Waals surface area contributed by atoms with Gasteiger partial charge in [0.1, 0.15) is 0 Å². The molecule has 0 saturated heterocycles. The maximum absolute atomic E-state index is 12.4. The summed E-state index contributed by atoms with van der Waals surface area (Å²) in [5.74, 6) is -1.82. The van der Waals surface area contributed by atoms with Crippen molar-refractivity contribution in [3.63, 3.8) is 0 Å². The van der Waals surface area contributed by atoms with Gasteiger partial charge in [0.05, 0.1) is 23.2 Å². The van der Waals surface area contributed by atoms with Gasteiger partial charge in [0.2, 0.25) is 5.78 Å². The lowest BCUT2D eigenvalue weighted by Crippen LogP contribution is -2.14. The van der Waals surface area contributed by atoms with Gasteiger partial charge >= 0.3 is 5.97 Å². The molecule has 2 rings (SSSR count). The fourth-order valence-electron chi connectivity index (χ4n) is 2.16. The highest BCUT2D eigenvalue weighted by Crippen LogP contribution is 2.20. The molecule has 0 spiro atoms. The summed E-state index contributed by atoms with van der Waals surface area (Å²) in [7, 11) is 1.67. The quantitative estimate of drug-likeness (QED) is 0.872. The summed E-state index contributed by atoms with van der Waals surface area (Å²) >= 11 is 0. The molecule has 1 N–H and O–H groups in total. The highest BCUT2D eigenvalue weighted by atomic mass is 16.4. The summed E-state index contributed by atoms with van der Waals surface area (Å²) < 4.78 is 1.60. The van der Waals surface area contributed by atoms with Gasteiger partial charge in [0.25, 0.3) is 0 Å². The van der Waals surface area contributed by atoms with Gasteiger partial charge in [-0.15, -0.1) is 0 Å². The summed E-state index contributed by atoms with van der Waals surface area (Å²) in [4.78, 5) is 23.5. The third kappa shape index (κ3) is 2.70. The molecule has 0 aliphatic rings. The van der Waals surface area contributed by atoms with Crippen molar-refractivity contribution in [1.82, 2.24) is 4.57 Å². The maximum Gasteiger partial charge on any atom is 0.312 e. The zero-order valence-electron chi connectivity index (χ0n) is 11.7. The predicted molar refractivity (Wildman–Crippen MR) is 76.1 cm³/mol. The van der Waals surface area contributed by atoms with Gasteiger partial charge in [-0.05, 0) is 43.3 Å². The fraction of sp³-hybridized carbons (Fsp3) is 0.188. The number of nitriles is 1.